The Kier molecular flexibility index (Phi) is 7.10. The van der Waals surface area contributed by atoms with Crippen LogP contribution in [0.15, 0.2) is 29.2 Å². The molecule has 1 unspecified atom stereocenters. The molecule has 1 atom stereocenters. The second-order valence-corrected chi connectivity index (χ2v) is 7.18. The Labute approximate surface area is 125 Å². The van der Waals surface area contributed by atoms with Crippen LogP contribution in [0.5, 0.6) is 0 Å². The average molecular weight is 313 g/mol. The monoisotopic (exact) mass is 313 g/mol. The van der Waals surface area contributed by atoms with Gasteiger partial charge in [-0.3, -0.25) is 0 Å². The van der Waals surface area contributed by atoms with Crippen molar-refractivity contribution in [2.75, 3.05) is 19.4 Å². The molecule has 0 aliphatic heterocycles. The zero-order chi connectivity index (χ0) is 15.0. The third-order valence-electron chi connectivity index (χ3n) is 2.60. The second-order valence-electron chi connectivity index (χ2n) is 4.17. The van der Waals surface area contributed by atoms with Gasteiger partial charge in [0.2, 0.25) is 10.0 Å². The SMILES string of the molecule is CSC(C)CNS(=O)(=O)c1ccccc1C#CCCO. The molecule has 1 aromatic rings. The summed E-state index contributed by atoms with van der Waals surface area (Å²) in [6.45, 7) is 2.30. The molecule has 110 valence electrons. The van der Waals surface area contributed by atoms with Crippen LogP contribution in [0.2, 0.25) is 0 Å². The maximum absolute atomic E-state index is 12.3. The number of aliphatic hydroxyl groups excluding tert-OH is 1. The van der Waals surface area contributed by atoms with Gasteiger partial charge in [0.25, 0.3) is 0 Å². The largest absolute Gasteiger partial charge is 0.395 e. The minimum absolute atomic E-state index is 0.0363. The van der Waals surface area contributed by atoms with Gasteiger partial charge in [0.1, 0.15) is 0 Å². The van der Waals surface area contributed by atoms with Gasteiger partial charge in [-0.1, -0.05) is 30.9 Å². The van der Waals surface area contributed by atoms with Crippen molar-refractivity contribution in [3.05, 3.63) is 29.8 Å². The standard InChI is InChI=1S/C14H19NO3S2/c1-12(19-2)11-15-20(17,18)14-9-4-3-7-13(14)8-5-6-10-16/h3-4,7,9,12,15-16H,6,10-11H2,1-2H3. The molecule has 1 aromatic carbocycles. The number of sulfonamides is 1. The molecule has 0 amide bonds. The van der Waals surface area contributed by atoms with E-state index in [4.69, 9.17) is 5.11 Å². The predicted octanol–water partition coefficient (Wildman–Crippen LogP) is 1.45. The molecule has 6 heteroatoms. The van der Waals surface area contributed by atoms with Crippen LogP contribution in [0.3, 0.4) is 0 Å². The average Bonchev–Trinajstić information content (AvgIpc) is 2.45. The third-order valence-corrected chi connectivity index (χ3v) is 5.05. The van der Waals surface area contributed by atoms with Gasteiger partial charge in [0, 0.05) is 23.8 Å². The number of rotatable bonds is 6. The minimum Gasteiger partial charge on any atom is -0.395 e. The molecule has 0 saturated heterocycles. The van der Waals surface area contributed by atoms with E-state index in [9.17, 15) is 8.42 Å². The fourth-order valence-corrected chi connectivity index (χ4v) is 3.05. The fraction of sp³-hybridized carbons (Fsp3) is 0.429. The number of benzene rings is 1. The van der Waals surface area contributed by atoms with E-state index in [0.29, 0.717) is 18.5 Å². The van der Waals surface area contributed by atoms with Gasteiger partial charge in [-0.05, 0) is 18.4 Å². The molecule has 0 spiro atoms. The summed E-state index contributed by atoms with van der Waals surface area (Å²) in [6.07, 6.45) is 2.26. The molecule has 0 fully saturated rings. The summed E-state index contributed by atoms with van der Waals surface area (Å²) in [6, 6.07) is 6.61. The highest BCUT2D eigenvalue weighted by atomic mass is 32.2. The first kappa shape index (κ1) is 17.1. The molecule has 2 N–H and O–H groups in total. The molecule has 20 heavy (non-hydrogen) atoms. The number of nitrogens with one attached hydrogen (secondary N) is 1. The first-order valence-electron chi connectivity index (χ1n) is 6.22. The van der Waals surface area contributed by atoms with Gasteiger partial charge < -0.3 is 5.11 Å². The highest BCUT2D eigenvalue weighted by molar-refractivity contribution is 7.99. The van der Waals surface area contributed by atoms with E-state index in [1.54, 1.807) is 30.0 Å². The molecular weight excluding hydrogens is 294 g/mol. The minimum atomic E-state index is -3.56. The predicted molar refractivity (Wildman–Crippen MR) is 83.2 cm³/mol. The number of thioether (sulfide) groups is 1. The highest BCUT2D eigenvalue weighted by Crippen LogP contribution is 2.15. The van der Waals surface area contributed by atoms with E-state index in [2.05, 4.69) is 16.6 Å². The van der Waals surface area contributed by atoms with Crippen molar-refractivity contribution in [1.29, 1.82) is 0 Å². The summed E-state index contributed by atoms with van der Waals surface area (Å²) < 4.78 is 27.1. The Bertz CT molecular complexity index is 588. The molecule has 0 saturated carbocycles. The Morgan fingerprint density at radius 2 is 2.10 bits per heavy atom. The van der Waals surface area contributed by atoms with Gasteiger partial charge >= 0.3 is 0 Å². The van der Waals surface area contributed by atoms with E-state index < -0.39 is 10.0 Å². The molecule has 0 heterocycles. The van der Waals surface area contributed by atoms with Gasteiger partial charge in [0.05, 0.1) is 11.5 Å². The lowest BCUT2D eigenvalue weighted by molar-refractivity contribution is 0.305. The summed E-state index contributed by atoms with van der Waals surface area (Å²) in [4.78, 5) is 0.179. The van der Waals surface area contributed by atoms with Crippen LogP contribution in [0.1, 0.15) is 18.9 Å². The molecule has 0 aromatic heterocycles. The first-order valence-corrected chi connectivity index (χ1v) is 8.99. The lowest BCUT2D eigenvalue weighted by Crippen LogP contribution is -2.30. The van der Waals surface area contributed by atoms with Crippen molar-refractivity contribution >= 4 is 21.8 Å². The summed E-state index contributed by atoms with van der Waals surface area (Å²) in [5.41, 5.74) is 0.449. The first-order chi connectivity index (χ1) is 9.51. The van der Waals surface area contributed by atoms with Gasteiger partial charge in [0.15, 0.2) is 0 Å². The molecule has 4 nitrogen and oxygen atoms in total. The van der Waals surface area contributed by atoms with E-state index in [-0.39, 0.29) is 16.8 Å². The van der Waals surface area contributed by atoms with Crippen molar-refractivity contribution in [2.45, 2.75) is 23.5 Å². The van der Waals surface area contributed by atoms with Gasteiger partial charge in [-0.15, -0.1) is 0 Å². The zero-order valence-electron chi connectivity index (χ0n) is 11.6. The van der Waals surface area contributed by atoms with Crippen molar-refractivity contribution in [3.63, 3.8) is 0 Å². The van der Waals surface area contributed by atoms with Crippen molar-refractivity contribution in [1.82, 2.24) is 4.72 Å². The second kappa shape index (κ2) is 8.32. The van der Waals surface area contributed by atoms with Gasteiger partial charge in [-0.25, -0.2) is 13.1 Å². The molecule has 0 aliphatic rings. The van der Waals surface area contributed by atoms with Crippen molar-refractivity contribution in [3.8, 4) is 11.8 Å². The third kappa shape index (κ3) is 5.17. The summed E-state index contributed by atoms with van der Waals surface area (Å²) >= 11 is 1.60. The Morgan fingerprint density at radius 3 is 2.75 bits per heavy atom. The smallest absolute Gasteiger partial charge is 0.241 e. The van der Waals surface area contributed by atoms with Crippen LogP contribution < -0.4 is 4.72 Å². The van der Waals surface area contributed by atoms with E-state index >= 15 is 0 Å². The van der Waals surface area contributed by atoms with E-state index in [0.717, 1.165) is 0 Å². The molecule has 1 rings (SSSR count). The summed E-state index contributed by atoms with van der Waals surface area (Å²) in [5.74, 6) is 5.53. The number of aliphatic hydroxyl groups is 1. The van der Waals surface area contributed by atoms with Crippen LogP contribution in [0.25, 0.3) is 0 Å². The lowest BCUT2D eigenvalue weighted by atomic mass is 10.2. The number of hydrogen-bond donors (Lipinski definition) is 2. The Balaban J connectivity index is 2.98. The highest BCUT2D eigenvalue weighted by Gasteiger charge is 2.17. The quantitative estimate of drug-likeness (QED) is 0.780. The lowest BCUT2D eigenvalue weighted by Gasteiger charge is -2.11. The Morgan fingerprint density at radius 1 is 1.40 bits per heavy atom. The van der Waals surface area contributed by atoms with Crippen LogP contribution >= 0.6 is 11.8 Å². The van der Waals surface area contributed by atoms with Crippen LogP contribution in [0, 0.1) is 11.8 Å². The van der Waals surface area contributed by atoms with Crippen molar-refractivity contribution < 1.29 is 13.5 Å². The zero-order valence-corrected chi connectivity index (χ0v) is 13.2. The maximum atomic E-state index is 12.3. The van der Waals surface area contributed by atoms with Crippen LogP contribution in [0.4, 0.5) is 0 Å². The molecule has 0 radical (unpaired) electrons. The molecule has 0 aliphatic carbocycles. The van der Waals surface area contributed by atoms with E-state index in [1.165, 1.54) is 6.07 Å². The Hall–Kier alpha value is -1.00. The topological polar surface area (TPSA) is 66.4 Å². The van der Waals surface area contributed by atoms with Crippen LogP contribution in [-0.2, 0) is 10.0 Å². The maximum Gasteiger partial charge on any atom is 0.241 e. The molecule has 0 bridgehead atoms. The molecular formula is C14H19NO3S2. The summed E-state index contributed by atoms with van der Waals surface area (Å²) in [5, 5.41) is 8.92. The van der Waals surface area contributed by atoms with Gasteiger partial charge in [-0.2, -0.15) is 11.8 Å². The normalized spacial score (nSPS) is 12.6. The van der Waals surface area contributed by atoms with Crippen LogP contribution in [-0.4, -0.2) is 38.2 Å². The van der Waals surface area contributed by atoms with Crippen molar-refractivity contribution in [2.24, 2.45) is 0 Å². The number of hydrogen-bond acceptors (Lipinski definition) is 4. The van der Waals surface area contributed by atoms with E-state index in [1.807, 2.05) is 13.2 Å². The summed E-state index contributed by atoms with van der Waals surface area (Å²) in [7, 11) is -3.56. The fourth-order valence-electron chi connectivity index (χ4n) is 1.41.